The first-order chi connectivity index (χ1) is 7.83. The molecule has 3 nitrogen and oxygen atoms in total. The van der Waals surface area contributed by atoms with E-state index in [2.05, 4.69) is 29.3 Å². The Morgan fingerprint density at radius 3 is 2.62 bits per heavy atom. The molecule has 1 aromatic carbocycles. The fourth-order valence-corrected chi connectivity index (χ4v) is 2.36. The number of hydrogen-bond acceptors (Lipinski definition) is 3. The average molecular weight is 220 g/mol. The summed E-state index contributed by atoms with van der Waals surface area (Å²) in [6.07, 6.45) is 0. The summed E-state index contributed by atoms with van der Waals surface area (Å²) in [6, 6.07) is 8.49. The van der Waals surface area contributed by atoms with E-state index in [0.29, 0.717) is 0 Å². The molecule has 1 aliphatic heterocycles. The maximum Gasteiger partial charge on any atom is 0.0628 e. The normalized spacial score (nSPS) is 19.6. The van der Waals surface area contributed by atoms with Crippen LogP contribution in [0, 0.1) is 6.92 Å². The first-order valence-electron chi connectivity index (χ1n) is 5.94. The lowest BCUT2D eigenvalue weighted by Gasteiger charge is -2.34. The molecule has 1 fully saturated rings. The van der Waals surface area contributed by atoms with E-state index in [0.717, 1.165) is 26.2 Å². The molecule has 1 heterocycles. The second-order valence-corrected chi connectivity index (χ2v) is 4.34. The van der Waals surface area contributed by atoms with Crippen LogP contribution in [0.2, 0.25) is 0 Å². The number of aliphatic hydroxyl groups excluding tert-OH is 1. The summed E-state index contributed by atoms with van der Waals surface area (Å²) in [5.74, 6) is 0. The van der Waals surface area contributed by atoms with Gasteiger partial charge in [0.1, 0.15) is 0 Å². The summed E-state index contributed by atoms with van der Waals surface area (Å²) in [6.45, 7) is 6.37. The lowest BCUT2D eigenvalue weighted by atomic mass is 10.00. The lowest BCUT2D eigenvalue weighted by Crippen LogP contribution is -2.46. The Bertz CT molecular complexity index is 334. The van der Waals surface area contributed by atoms with Gasteiger partial charge in [0.2, 0.25) is 0 Å². The van der Waals surface area contributed by atoms with E-state index in [1.807, 2.05) is 12.1 Å². The minimum atomic E-state index is 0.156. The maximum absolute atomic E-state index is 9.59. The number of aryl methyl sites for hydroxylation is 1. The van der Waals surface area contributed by atoms with Gasteiger partial charge < -0.3 is 10.4 Å². The summed E-state index contributed by atoms with van der Waals surface area (Å²) in [5, 5.41) is 12.9. The number of piperazine rings is 1. The molecule has 0 bridgehead atoms. The predicted molar refractivity (Wildman–Crippen MR) is 65.4 cm³/mol. The molecule has 1 aliphatic rings. The molecule has 1 aromatic rings. The molecule has 2 N–H and O–H groups in total. The van der Waals surface area contributed by atoms with Crippen LogP contribution in [0.15, 0.2) is 24.3 Å². The van der Waals surface area contributed by atoms with Gasteiger partial charge in [-0.15, -0.1) is 0 Å². The van der Waals surface area contributed by atoms with Gasteiger partial charge >= 0.3 is 0 Å². The van der Waals surface area contributed by atoms with Crippen molar-refractivity contribution in [2.24, 2.45) is 0 Å². The van der Waals surface area contributed by atoms with Crippen molar-refractivity contribution in [1.29, 1.82) is 0 Å². The Balaban J connectivity index is 2.18. The third-order valence-corrected chi connectivity index (χ3v) is 3.31. The van der Waals surface area contributed by atoms with Gasteiger partial charge in [-0.1, -0.05) is 24.3 Å². The van der Waals surface area contributed by atoms with Crippen molar-refractivity contribution in [3.05, 3.63) is 35.4 Å². The molecule has 0 aliphatic carbocycles. The minimum Gasteiger partial charge on any atom is -0.394 e. The number of nitrogens with one attached hydrogen (secondary N) is 1. The largest absolute Gasteiger partial charge is 0.394 e. The van der Waals surface area contributed by atoms with Crippen LogP contribution >= 0.6 is 0 Å². The van der Waals surface area contributed by atoms with Gasteiger partial charge in [0.15, 0.2) is 0 Å². The molecule has 2 rings (SSSR count). The van der Waals surface area contributed by atoms with Crippen molar-refractivity contribution >= 4 is 0 Å². The zero-order chi connectivity index (χ0) is 11.4. The molecule has 88 valence electrons. The van der Waals surface area contributed by atoms with Crippen molar-refractivity contribution in [2.75, 3.05) is 32.8 Å². The summed E-state index contributed by atoms with van der Waals surface area (Å²) >= 11 is 0. The molecule has 1 atom stereocenters. The highest BCUT2D eigenvalue weighted by Crippen LogP contribution is 2.23. The maximum atomic E-state index is 9.59. The standard InChI is InChI=1S/C13H20N2O/c1-11-4-2-3-5-12(11)13(10-16)15-8-6-14-7-9-15/h2-5,13-14,16H,6-10H2,1H3. The lowest BCUT2D eigenvalue weighted by molar-refractivity contribution is 0.110. The van der Waals surface area contributed by atoms with Gasteiger partial charge in [-0.2, -0.15) is 0 Å². The van der Waals surface area contributed by atoms with Crippen molar-refractivity contribution in [1.82, 2.24) is 10.2 Å². The van der Waals surface area contributed by atoms with E-state index in [9.17, 15) is 5.11 Å². The number of nitrogens with zero attached hydrogens (tertiary/aromatic N) is 1. The zero-order valence-electron chi connectivity index (χ0n) is 9.82. The number of hydrogen-bond donors (Lipinski definition) is 2. The second-order valence-electron chi connectivity index (χ2n) is 4.34. The van der Waals surface area contributed by atoms with Crippen LogP contribution in [0.1, 0.15) is 17.2 Å². The topological polar surface area (TPSA) is 35.5 Å². The SMILES string of the molecule is Cc1ccccc1C(CO)N1CCNCC1. The van der Waals surface area contributed by atoms with Crippen molar-refractivity contribution in [3.63, 3.8) is 0 Å². The van der Waals surface area contributed by atoms with Gasteiger partial charge in [-0.25, -0.2) is 0 Å². The van der Waals surface area contributed by atoms with Gasteiger partial charge in [0.25, 0.3) is 0 Å². The van der Waals surface area contributed by atoms with E-state index in [1.165, 1.54) is 11.1 Å². The molecule has 0 saturated carbocycles. The summed E-state index contributed by atoms with van der Waals surface area (Å²) < 4.78 is 0. The van der Waals surface area contributed by atoms with Crippen molar-refractivity contribution < 1.29 is 5.11 Å². The highest BCUT2D eigenvalue weighted by molar-refractivity contribution is 5.29. The first-order valence-corrected chi connectivity index (χ1v) is 5.94. The Labute approximate surface area is 97.1 Å². The highest BCUT2D eigenvalue weighted by atomic mass is 16.3. The number of rotatable bonds is 3. The van der Waals surface area contributed by atoms with Gasteiger partial charge in [-0.05, 0) is 18.1 Å². The molecule has 0 amide bonds. The molecule has 0 aromatic heterocycles. The molecule has 16 heavy (non-hydrogen) atoms. The monoisotopic (exact) mass is 220 g/mol. The van der Waals surface area contributed by atoms with Crippen LogP contribution in [-0.4, -0.2) is 42.8 Å². The Morgan fingerprint density at radius 1 is 1.31 bits per heavy atom. The average Bonchev–Trinajstić information content (AvgIpc) is 2.34. The smallest absolute Gasteiger partial charge is 0.0628 e. The van der Waals surface area contributed by atoms with Crippen LogP contribution in [0.25, 0.3) is 0 Å². The van der Waals surface area contributed by atoms with Crippen LogP contribution in [-0.2, 0) is 0 Å². The Hall–Kier alpha value is -0.900. The minimum absolute atomic E-state index is 0.156. The molecule has 1 saturated heterocycles. The fourth-order valence-electron chi connectivity index (χ4n) is 2.36. The summed E-state index contributed by atoms with van der Waals surface area (Å²) in [4.78, 5) is 2.36. The zero-order valence-corrected chi connectivity index (χ0v) is 9.82. The molecule has 3 heteroatoms. The van der Waals surface area contributed by atoms with E-state index in [-0.39, 0.29) is 12.6 Å². The Morgan fingerprint density at radius 2 is 2.00 bits per heavy atom. The van der Waals surface area contributed by atoms with Gasteiger partial charge in [-0.3, -0.25) is 4.90 Å². The number of aliphatic hydroxyl groups is 1. The molecule has 0 radical (unpaired) electrons. The second kappa shape index (κ2) is 5.43. The molecular formula is C13H20N2O. The molecule has 1 unspecified atom stereocenters. The van der Waals surface area contributed by atoms with Crippen LogP contribution in [0.3, 0.4) is 0 Å². The van der Waals surface area contributed by atoms with E-state index in [1.54, 1.807) is 0 Å². The molecule has 0 spiro atoms. The highest BCUT2D eigenvalue weighted by Gasteiger charge is 2.22. The third-order valence-electron chi connectivity index (χ3n) is 3.31. The third kappa shape index (κ3) is 2.43. The molecular weight excluding hydrogens is 200 g/mol. The fraction of sp³-hybridized carbons (Fsp3) is 0.538. The van der Waals surface area contributed by atoms with E-state index >= 15 is 0 Å². The van der Waals surface area contributed by atoms with Crippen molar-refractivity contribution in [3.8, 4) is 0 Å². The first kappa shape index (κ1) is 11.6. The van der Waals surface area contributed by atoms with Gasteiger partial charge in [0, 0.05) is 26.2 Å². The summed E-state index contributed by atoms with van der Waals surface area (Å²) in [7, 11) is 0. The van der Waals surface area contributed by atoms with Crippen LogP contribution in [0.4, 0.5) is 0 Å². The quantitative estimate of drug-likeness (QED) is 0.795. The van der Waals surface area contributed by atoms with E-state index < -0.39 is 0 Å². The Kier molecular flexibility index (Phi) is 3.93. The van der Waals surface area contributed by atoms with Crippen molar-refractivity contribution in [2.45, 2.75) is 13.0 Å². The summed E-state index contributed by atoms with van der Waals surface area (Å²) in [5.41, 5.74) is 2.52. The number of benzene rings is 1. The van der Waals surface area contributed by atoms with Crippen LogP contribution < -0.4 is 5.32 Å². The van der Waals surface area contributed by atoms with E-state index in [4.69, 9.17) is 0 Å². The van der Waals surface area contributed by atoms with Gasteiger partial charge in [0.05, 0.1) is 12.6 Å². The van der Waals surface area contributed by atoms with Crippen LogP contribution in [0.5, 0.6) is 0 Å². The predicted octanol–water partition coefficient (Wildman–Crippen LogP) is 0.934.